The fourth-order valence-electron chi connectivity index (χ4n) is 3.00. The van der Waals surface area contributed by atoms with E-state index in [0.29, 0.717) is 0 Å². The monoisotopic (exact) mass is 267 g/mol. The van der Waals surface area contributed by atoms with Crippen molar-refractivity contribution in [3.8, 4) is 5.75 Å². The van der Waals surface area contributed by atoms with Crippen LogP contribution >= 0.6 is 0 Å². The Hall–Kier alpha value is -1.80. The van der Waals surface area contributed by atoms with Gasteiger partial charge in [0.25, 0.3) is 0 Å². The van der Waals surface area contributed by atoms with Gasteiger partial charge in [0.05, 0.1) is 0 Å². The molecule has 0 fully saturated rings. The molecule has 0 radical (unpaired) electrons. The Morgan fingerprint density at radius 2 is 1.65 bits per heavy atom. The van der Waals surface area contributed by atoms with Gasteiger partial charge < -0.3 is 10.5 Å². The minimum absolute atomic E-state index is 0.0457. The Balaban J connectivity index is 1.97. The molecule has 2 aromatic carbocycles. The predicted molar refractivity (Wildman–Crippen MR) is 82.0 cm³/mol. The summed E-state index contributed by atoms with van der Waals surface area (Å²) < 4.78 is 6.18. The second kappa shape index (κ2) is 4.95. The highest BCUT2D eigenvalue weighted by molar-refractivity contribution is 5.42. The number of nitrogens with two attached hydrogens (primary N) is 1. The SMILES string of the molecule is Cc1ccc(C2C[C@@H](N)c3cc(C)ccc3O2)c(C)c1. The molecule has 2 aromatic rings. The molecular formula is C18H21NO. The molecule has 3 rings (SSSR count). The molecule has 1 unspecified atom stereocenters. The predicted octanol–water partition coefficient (Wildman–Crippen LogP) is 4.14. The summed E-state index contributed by atoms with van der Waals surface area (Å²) >= 11 is 0. The van der Waals surface area contributed by atoms with Crippen LogP contribution in [0.4, 0.5) is 0 Å². The van der Waals surface area contributed by atoms with Crippen LogP contribution in [0, 0.1) is 20.8 Å². The smallest absolute Gasteiger partial charge is 0.126 e. The number of rotatable bonds is 1. The van der Waals surface area contributed by atoms with Gasteiger partial charge >= 0.3 is 0 Å². The average Bonchev–Trinajstić information content (AvgIpc) is 2.39. The van der Waals surface area contributed by atoms with Gasteiger partial charge in [0.2, 0.25) is 0 Å². The van der Waals surface area contributed by atoms with Crippen LogP contribution in [-0.4, -0.2) is 0 Å². The lowest BCUT2D eigenvalue weighted by Gasteiger charge is -2.31. The van der Waals surface area contributed by atoms with Crippen molar-refractivity contribution in [1.29, 1.82) is 0 Å². The first-order chi connectivity index (χ1) is 9.54. The molecule has 1 aliphatic rings. The molecule has 0 aromatic heterocycles. The van der Waals surface area contributed by atoms with E-state index in [0.717, 1.165) is 17.7 Å². The lowest BCUT2D eigenvalue weighted by atomic mass is 9.90. The molecular weight excluding hydrogens is 246 g/mol. The summed E-state index contributed by atoms with van der Waals surface area (Å²) in [6.45, 7) is 6.34. The van der Waals surface area contributed by atoms with Gasteiger partial charge in [0.1, 0.15) is 11.9 Å². The Morgan fingerprint density at radius 1 is 0.950 bits per heavy atom. The molecule has 2 heteroatoms. The molecule has 2 N–H and O–H groups in total. The van der Waals surface area contributed by atoms with E-state index in [1.54, 1.807) is 0 Å². The highest BCUT2D eigenvalue weighted by Gasteiger charge is 2.27. The van der Waals surface area contributed by atoms with Gasteiger partial charge in [0, 0.05) is 18.0 Å². The van der Waals surface area contributed by atoms with Crippen molar-refractivity contribution >= 4 is 0 Å². The number of benzene rings is 2. The van der Waals surface area contributed by atoms with Crippen LogP contribution in [0.15, 0.2) is 36.4 Å². The molecule has 104 valence electrons. The molecule has 1 aliphatic heterocycles. The number of aryl methyl sites for hydroxylation is 3. The standard InChI is InChI=1S/C18H21NO/c1-11-4-6-14(13(3)8-11)18-10-16(19)15-9-12(2)5-7-17(15)20-18/h4-9,16,18H,10,19H2,1-3H3/t16-,18?/m1/s1. The van der Waals surface area contributed by atoms with Crippen molar-refractivity contribution in [3.63, 3.8) is 0 Å². The van der Waals surface area contributed by atoms with Crippen LogP contribution in [0.25, 0.3) is 0 Å². The normalized spacial score (nSPS) is 21.2. The highest BCUT2D eigenvalue weighted by Crippen LogP contribution is 2.40. The number of ether oxygens (including phenoxy) is 1. The van der Waals surface area contributed by atoms with Gasteiger partial charge in [0.15, 0.2) is 0 Å². The van der Waals surface area contributed by atoms with Crippen LogP contribution < -0.4 is 10.5 Å². The molecule has 20 heavy (non-hydrogen) atoms. The molecule has 0 aliphatic carbocycles. The lowest BCUT2D eigenvalue weighted by Crippen LogP contribution is -2.24. The summed E-state index contributed by atoms with van der Waals surface area (Å²) in [6.07, 6.45) is 0.890. The third-order valence-electron chi connectivity index (χ3n) is 4.07. The summed E-state index contributed by atoms with van der Waals surface area (Å²) in [5.74, 6) is 0.930. The first-order valence-electron chi connectivity index (χ1n) is 7.14. The van der Waals surface area contributed by atoms with Crippen molar-refractivity contribution in [2.75, 3.05) is 0 Å². The van der Waals surface area contributed by atoms with Crippen molar-refractivity contribution in [2.45, 2.75) is 39.3 Å². The van der Waals surface area contributed by atoms with E-state index in [1.165, 1.54) is 22.3 Å². The Labute approximate surface area is 120 Å². The molecule has 2 nitrogen and oxygen atoms in total. The van der Waals surface area contributed by atoms with Crippen LogP contribution in [0.1, 0.15) is 46.4 Å². The quantitative estimate of drug-likeness (QED) is 0.843. The summed E-state index contributed by atoms with van der Waals surface area (Å²) in [6, 6.07) is 12.8. The zero-order chi connectivity index (χ0) is 14.3. The largest absolute Gasteiger partial charge is 0.485 e. The number of fused-ring (bicyclic) bond motifs is 1. The maximum absolute atomic E-state index is 6.34. The van der Waals surface area contributed by atoms with E-state index in [-0.39, 0.29) is 12.1 Å². The van der Waals surface area contributed by atoms with Crippen LogP contribution in [0.2, 0.25) is 0 Å². The number of hydrogen-bond donors (Lipinski definition) is 1. The zero-order valence-corrected chi connectivity index (χ0v) is 12.3. The topological polar surface area (TPSA) is 35.2 Å². The van der Waals surface area contributed by atoms with E-state index in [9.17, 15) is 0 Å². The Morgan fingerprint density at radius 3 is 2.40 bits per heavy atom. The van der Waals surface area contributed by atoms with Gasteiger partial charge in [-0.25, -0.2) is 0 Å². The summed E-state index contributed by atoms with van der Waals surface area (Å²) in [5, 5.41) is 0. The van der Waals surface area contributed by atoms with Crippen molar-refractivity contribution < 1.29 is 4.74 Å². The third kappa shape index (κ3) is 2.32. The number of hydrogen-bond acceptors (Lipinski definition) is 2. The second-order valence-electron chi connectivity index (χ2n) is 5.85. The van der Waals surface area contributed by atoms with E-state index in [2.05, 4.69) is 51.1 Å². The van der Waals surface area contributed by atoms with Crippen LogP contribution in [0.5, 0.6) is 5.75 Å². The molecule has 2 atom stereocenters. The van der Waals surface area contributed by atoms with Gasteiger partial charge in [-0.2, -0.15) is 0 Å². The van der Waals surface area contributed by atoms with Crippen LogP contribution in [0.3, 0.4) is 0 Å². The maximum Gasteiger partial charge on any atom is 0.126 e. The van der Waals surface area contributed by atoms with Gasteiger partial charge in [-0.3, -0.25) is 0 Å². The van der Waals surface area contributed by atoms with Gasteiger partial charge in [-0.05, 0) is 38.0 Å². The van der Waals surface area contributed by atoms with E-state index in [1.807, 2.05) is 6.07 Å². The van der Waals surface area contributed by atoms with Crippen molar-refractivity contribution in [2.24, 2.45) is 5.73 Å². The van der Waals surface area contributed by atoms with Crippen molar-refractivity contribution in [1.82, 2.24) is 0 Å². The van der Waals surface area contributed by atoms with E-state index in [4.69, 9.17) is 10.5 Å². The fraction of sp³-hybridized carbons (Fsp3) is 0.333. The minimum Gasteiger partial charge on any atom is -0.485 e. The Kier molecular flexibility index (Phi) is 3.27. The zero-order valence-electron chi connectivity index (χ0n) is 12.3. The van der Waals surface area contributed by atoms with Gasteiger partial charge in [-0.1, -0.05) is 41.5 Å². The molecule has 0 spiro atoms. The molecule has 0 bridgehead atoms. The first-order valence-corrected chi connectivity index (χ1v) is 7.14. The Bertz CT molecular complexity index is 648. The molecule has 0 saturated carbocycles. The molecule has 0 saturated heterocycles. The van der Waals surface area contributed by atoms with Gasteiger partial charge in [-0.15, -0.1) is 0 Å². The summed E-state index contributed by atoms with van der Waals surface area (Å²) in [7, 11) is 0. The summed E-state index contributed by atoms with van der Waals surface area (Å²) in [5.41, 5.74) is 12.5. The van der Waals surface area contributed by atoms with E-state index < -0.39 is 0 Å². The maximum atomic E-state index is 6.34. The molecule has 0 amide bonds. The minimum atomic E-state index is 0.0457. The average molecular weight is 267 g/mol. The van der Waals surface area contributed by atoms with E-state index >= 15 is 0 Å². The first kappa shape index (κ1) is 13.2. The highest BCUT2D eigenvalue weighted by atomic mass is 16.5. The fourth-order valence-corrected chi connectivity index (χ4v) is 3.00. The molecule has 1 heterocycles. The lowest BCUT2D eigenvalue weighted by molar-refractivity contribution is 0.161. The van der Waals surface area contributed by atoms with Crippen molar-refractivity contribution in [3.05, 3.63) is 64.2 Å². The third-order valence-corrected chi connectivity index (χ3v) is 4.07. The summed E-state index contributed by atoms with van der Waals surface area (Å²) in [4.78, 5) is 0. The second-order valence-corrected chi connectivity index (χ2v) is 5.85. The van der Waals surface area contributed by atoms with Crippen LogP contribution in [-0.2, 0) is 0 Å².